The van der Waals surface area contributed by atoms with Gasteiger partial charge in [0.15, 0.2) is 5.78 Å². The lowest BCUT2D eigenvalue weighted by Gasteiger charge is -2.33. The summed E-state index contributed by atoms with van der Waals surface area (Å²) in [5.74, 6) is 0.0572. The molecule has 0 bridgehead atoms. The molecule has 0 saturated heterocycles. The molecular weight excluding hydrogens is 168 g/mol. The van der Waals surface area contributed by atoms with Gasteiger partial charge in [0.2, 0.25) is 0 Å². The largest absolute Gasteiger partial charge is 0.411 e. The lowest BCUT2D eigenvalue weighted by atomic mass is 9.87. The minimum atomic E-state index is -0.537. The van der Waals surface area contributed by atoms with Gasteiger partial charge in [-0.15, -0.1) is 0 Å². The predicted octanol–water partition coefficient (Wildman–Crippen LogP) is 1.06. The van der Waals surface area contributed by atoms with Gasteiger partial charge >= 0.3 is 0 Å². The Kier molecular flexibility index (Phi) is 2.40. The molecule has 13 heavy (non-hydrogen) atoms. The lowest BCUT2D eigenvalue weighted by Crippen LogP contribution is -2.51. The number of rotatable bonds is 1. The van der Waals surface area contributed by atoms with Crippen molar-refractivity contribution in [3.63, 3.8) is 0 Å². The zero-order valence-electron chi connectivity index (χ0n) is 8.09. The van der Waals surface area contributed by atoms with E-state index in [0.717, 1.165) is 5.70 Å². The number of ketones is 1. The number of hydrogen-bond donors (Lipinski definition) is 2. The number of allylic oxidation sites excluding steroid dienone is 2. The predicted molar refractivity (Wildman–Crippen MR) is 49.8 cm³/mol. The number of hydrogen-bond acceptors (Lipinski definition) is 4. The number of carbonyl (C=O) groups is 1. The lowest BCUT2D eigenvalue weighted by molar-refractivity contribution is -0.115. The molecule has 0 aromatic carbocycles. The SMILES string of the molecule is CC1=CC(=O)CC(C)(/C(C)=N\O)N1. The third-order valence-electron chi connectivity index (χ3n) is 2.33. The summed E-state index contributed by atoms with van der Waals surface area (Å²) in [7, 11) is 0. The Morgan fingerprint density at radius 1 is 1.77 bits per heavy atom. The Bertz CT molecular complexity index is 294. The van der Waals surface area contributed by atoms with Gasteiger partial charge in [0, 0.05) is 12.1 Å². The molecule has 1 rings (SSSR count). The molecule has 72 valence electrons. The van der Waals surface area contributed by atoms with Crippen LogP contribution in [0.3, 0.4) is 0 Å². The van der Waals surface area contributed by atoms with Crippen molar-refractivity contribution >= 4 is 11.5 Å². The summed E-state index contributed by atoms with van der Waals surface area (Å²) < 4.78 is 0. The number of carbonyl (C=O) groups excluding carboxylic acids is 1. The van der Waals surface area contributed by atoms with E-state index < -0.39 is 5.54 Å². The van der Waals surface area contributed by atoms with Gasteiger partial charge in [0.25, 0.3) is 0 Å². The molecule has 0 saturated carbocycles. The Morgan fingerprint density at radius 2 is 2.38 bits per heavy atom. The molecule has 0 amide bonds. The van der Waals surface area contributed by atoms with Crippen molar-refractivity contribution < 1.29 is 10.0 Å². The van der Waals surface area contributed by atoms with Crippen LogP contribution >= 0.6 is 0 Å². The molecule has 0 aliphatic carbocycles. The summed E-state index contributed by atoms with van der Waals surface area (Å²) in [6, 6.07) is 0. The van der Waals surface area contributed by atoms with Crippen LogP contribution in [0.1, 0.15) is 27.2 Å². The van der Waals surface area contributed by atoms with Crippen molar-refractivity contribution in [2.24, 2.45) is 5.16 Å². The quantitative estimate of drug-likeness (QED) is 0.362. The van der Waals surface area contributed by atoms with Crippen molar-refractivity contribution in [1.82, 2.24) is 5.32 Å². The van der Waals surface area contributed by atoms with Crippen LogP contribution in [0, 0.1) is 0 Å². The third-order valence-corrected chi connectivity index (χ3v) is 2.33. The van der Waals surface area contributed by atoms with Crippen molar-refractivity contribution in [1.29, 1.82) is 0 Å². The smallest absolute Gasteiger partial charge is 0.160 e. The molecule has 0 radical (unpaired) electrons. The monoisotopic (exact) mass is 182 g/mol. The first-order valence-electron chi connectivity index (χ1n) is 4.16. The molecule has 1 atom stereocenters. The van der Waals surface area contributed by atoms with E-state index >= 15 is 0 Å². The highest BCUT2D eigenvalue weighted by Gasteiger charge is 2.33. The van der Waals surface area contributed by atoms with Gasteiger partial charge in [-0.05, 0) is 26.8 Å². The first kappa shape index (κ1) is 9.77. The second kappa shape index (κ2) is 3.20. The fourth-order valence-corrected chi connectivity index (χ4v) is 1.49. The Labute approximate surface area is 77.3 Å². The van der Waals surface area contributed by atoms with E-state index in [1.807, 2.05) is 13.8 Å². The van der Waals surface area contributed by atoms with Gasteiger partial charge in [0.1, 0.15) is 0 Å². The average molecular weight is 182 g/mol. The molecule has 0 aromatic heterocycles. The first-order chi connectivity index (χ1) is 5.98. The highest BCUT2D eigenvalue weighted by atomic mass is 16.4. The van der Waals surface area contributed by atoms with Crippen molar-refractivity contribution in [3.05, 3.63) is 11.8 Å². The number of nitrogens with zero attached hydrogens (tertiary/aromatic N) is 1. The Hall–Kier alpha value is -1.32. The standard InChI is InChI=1S/C9H14N2O2/c1-6-4-8(12)5-9(3,10-6)7(2)11-13/h4,10,13H,5H2,1-3H3/b11-7-. The normalized spacial score (nSPS) is 29.6. The summed E-state index contributed by atoms with van der Waals surface area (Å²) >= 11 is 0. The van der Waals surface area contributed by atoms with Crippen LogP contribution in [-0.4, -0.2) is 22.2 Å². The topological polar surface area (TPSA) is 61.7 Å². The minimum Gasteiger partial charge on any atom is -0.411 e. The Balaban J connectivity index is 2.96. The van der Waals surface area contributed by atoms with E-state index in [-0.39, 0.29) is 5.78 Å². The fourth-order valence-electron chi connectivity index (χ4n) is 1.49. The van der Waals surface area contributed by atoms with Gasteiger partial charge in [-0.25, -0.2) is 0 Å². The second-order valence-corrected chi connectivity index (χ2v) is 3.61. The zero-order valence-corrected chi connectivity index (χ0v) is 8.09. The van der Waals surface area contributed by atoms with Crippen LogP contribution < -0.4 is 5.32 Å². The zero-order chi connectivity index (χ0) is 10.1. The molecule has 0 spiro atoms. The van der Waals surface area contributed by atoms with Gasteiger partial charge in [-0.1, -0.05) is 5.16 Å². The van der Waals surface area contributed by atoms with Crippen molar-refractivity contribution in [3.8, 4) is 0 Å². The minimum absolute atomic E-state index is 0.0572. The molecule has 1 aliphatic heterocycles. The van der Waals surface area contributed by atoms with E-state index in [0.29, 0.717) is 12.1 Å². The van der Waals surface area contributed by atoms with E-state index in [1.54, 1.807) is 13.0 Å². The third kappa shape index (κ3) is 1.88. The highest BCUT2D eigenvalue weighted by molar-refractivity contribution is 6.01. The van der Waals surface area contributed by atoms with Crippen LogP contribution in [-0.2, 0) is 4.79 Å². The molecule has 0 aromatic rings. The number of nitrogens with one attached hydrogen (secondary N) is 1. The maximum atomic E-state index is 11.3. The van der Waals surface area contributed by atoms with E-state index in [1.165, 1.54) is 0 Å². The summed E-state index contributed by atoms with van der Waals surface area (Å²) in [5, 5.41) is 14.9. The molecule has 4 nitrogen and oxygen atoms in total. The second-order valence-electron chi connectivity index (χ2n) is 3.61. The average Bonchev–Trinajstić information content (AvgIpc) is 2.00. The summed E-state index contributed by atoms with van der Waals surface area (Å²) in [4.78, 5) is 11.3. The summed E-state index contributed by atoms with van der Waals surface area (Å²) in [6.07, 6.45) is 1.90. The first-order valence-corrected chi connectivity index (χ1v) is 4.16. The number of oxime groups is 1. The van der Waals surface area contributed by atoms with Crippen LogP contribution in [0.2, 0.25) is 0 Å². The van der Waals surface area contributed by atoms with Gasteiger partial charge in [-0.2, -0.15) is 0 Å². The van der Waals surface area contributed by atoms with Gasteiger partial charge in [0.05, 0.1) is 11.3 Å². The maximum Gasteiger partial charge on any atom is 0.160 e. The van der Waals surface area contributed by atoms with Crippen LogP contribution in [0.5, 0.6) is 0 Å². The summed E-state index contributed by atoms with van der Waals surface area (Å²) in [6.45, 7) is 5.36. The molecule has 2 N–H and O–H groups in total. The molecular formula is C9H14N2O2. The highest BCUT2D eigenvalue weighted by Crippen LogP contribution is 2.19. The fraction of sp³-hybridized carbons (Fsp3) is 0.556. The maximum absolute atomic E-state index is 11.3. The van der Waals surface area contributed by atoms with Crippen LogP contribution in [0.25, 0.3) is 0 Å². The summed E-state index contributed by atoms with van der Waals surface area (Å²) in [5.41, 5.74) is 0.792. The van der Waals surface area contributed by atoms with E-state index in [2.05, 4.69) is 10.5 Å². The van der Waals surface area contributed by atoms with Crippen molar-refractivity contribution in [2.75, 3.05) is 0 Å². The van der Waals surface area contributed by atoms with E-state index in [9.17, 15) is 4.79 Å². The molecule has 1 unspecified atom stereocenters. The van der Waals surface area contributed by atoms with Gasteiger partial charge in [-0.3, -0.25) is 4.79 Å². The Morgan fingerprint density at radius 3 is 2.85 bits per heavy atom. The molecule has 1 aliphatic rings. The van der Waals surface area contributed by atoms with E-state index in [4.69, 9.17) is 5.21 Å². The van der Waals surface area contributed by atoms with Crippen molar-refractivity contribution in [2.45, 2.75) is 32.7 Å². The molecule has 0 fully saturated rings. The van der Waals surface area contributed by atoms with Gasteiger partial charge < -0.3 is 10.5 Å². The molecule has 1 heterocycles. The van der Waals surface area contributed by atoms with Crippen LogP contribution in [0.15, 0.2) is 16.9 Å². The molecule has 4 heteroatoms. The van der Waals surface area contributed by atoms with Crippen LogP contribution in [0.4, 0.5) is 0 Å².